The van der Waals surface area contributed by atoms with E-state index in [9.17, 15) is 14.4 Å². The van der Waals surface area contributed by atoms with Crippen LogP contribution in [0.15, 0.2) is 72.8 Å². The summed E-state index contributed by atoms with van der Waals surface area (Å²) in [5.74, 6) is -1.38. The van der Waals surface area contributed by atoms with Crippen LogP contribution >= 0.6 is 0 Å². The van der Waals surface area contributed by atoms with E-state index in [1.54, 1.807) is 24.3 Å². The SMILES string of the molecule is O=C(O)CN(C(=O)c1ccc(NC(=O)OCC2c3ccccc3-c3ccccc32)cc1)C1CC1. The Hall–Kier alpha value is -4.13. The van der Waals surface area contributed by atoms with Crippen molar-refractivity contribution in [1.82, 2.24) is 4.90 Å². The van der Waals surface area contributed by atoms with Crippen LogP contribution in [-0.4, -0.2) is 47.2 Å². The summed E-state index contributed by atoms with van der Waals surface area (Å²) < 4.78 is 5.55. The molecule has 2 N–H and O–H groups in total. The Labute approximate surface area is 197 Å². The van der Waals surface area contributed by atoms with Crippen LogP contribution in [0.3, 0.4) is 0 Å². The number of nitrogens with zero attached hydrogens (tertiary/aromatic N) is 1. The summed E-state index contributed by atoms with van der Waals surface area (Å²) in [4.78, 5) is 37.6. The van der Waals surface area contributed by atoms with Crippen molar-refractivity contribution in [3.05, 3.63) is 89.5 Å². The number of ether oxygens (including phenoxy) is 1. The van der Waals surface area contributed by atoms with Gasteiger partial charge in [0.25, 0.3) is 5.91 Å². The standard InChI is InChI=1S/C27H24N2O5/c30-25(31)15-29(19-13-14-19)26(32)17-9-11-18(12-10-17)28-27(33)34-16-24-22-7-3-1-5-20(22)21-6-2-4-8-23(21)24/h1-12,19,24H,13-16H2,(H,28,33)(H,30,31). The second kappa shape index (κ2) is 9.02. The highest BCUT2D eigenvalue weighted by atomic mass is 16.5. The molecule has 1 saturated carbocycles. The van der Waals surface area contributed by atoms with Gasteiger partial charge >= 0.3 is 12.1 Å². The molecule has 2 aliphatic rings. The zero-order chi connectivity index (χ0) is 23.7. The number of hydrogen-bond acceptors (Lipinski definition) is 4. The van der Waals surface area contributed by atoms with Crippen LogP contribution in [-0.2, 0) is 9.53 Å². The lowest BCUT2D eigenvalue weighted by Crippen LogP contribution is -2.37. The first-order valence-electron chi connectivity index (χ1n) is 11.3. The van der Waals surface area contributed by atoms with E-state index in [-0.39, 0.29) is 31.0 Å². The molecule has 0 heterocycles. The fourth-order valence-corrected chi connectivity index (χ4v) is 4.51. The molecule has 5 rings (SSSR count). The number of carboxylic acid groups (broad SMARTS) is 1. The Kier molecular flexibility index (Phi) is 5.76. The van der Waals surface area contributed by atoms with E-state index in [1.165, 1.54) is 4.90 Å². The number of carboxylic acids is 1. The minimum Gasteiger partial charge on any atom is -0.480 e. The van der Waals surface area contributed by atoms with Crippen LogP contribution in [0, 0.1) is 0 Å². The Bertz CT molecular complexity index is 1200. The minimum atomic E-state index is -1.03. The maximum absolute atomic E-state index is 12.7. The van der Waals surface area contributed by atoms with Crippen molar-refractivity contribution in [3.63, 3.8) is 0 Å². The molecule has 0 aliphatic heterocycles. The zero-order valence-electron chi connectivity index (χ0n) is 18.4. The van der Waals surface area contributed by atoms with Gasteiger partial charge in [-0.1, -0.05) is 48.5 Å². The number of amides is 2. The van der Waals surface area contributed by atoms with Gasteiger partial charge in [0.05, 0.1) is 0 Å². The molecule has 0 atom stereocenters. The maximum Gasteiger partial charge on any atom is 0.411 e. The van der Waals surface area contributed by atoms with Crippen molar-refractivity contribution >= 4 is 23.7 Å². The minimum absolute atomic E-state index is 0.0118. The van der Waals surface area contributed by atoms with Crippen LogP contribution in [0.25, 0.3) is 11.1 Å². The summed E-state index contributed by atoms with van der Waals surface area (Å²) in [6, 6.07) is 22.6. The van der Waals surface area contributed by atoms with Crippen LogP contribution in [0.4, 0.5) is 10.5 Å². The summed E-state index contributed by atoms with van der Waals surface area (Å²) in [6.45, 7) is -0.106. The first-order valence-corrected chi connectivity index (χ1v) is 11.3. The van der Waals surface area contributed by atoms with Crippen molar-refractivity contribution in [2.75, 3.05) is 18.5 Å². The summed E-state index contributed by atoms with van der Waals surface area (Å²) in [6.07, 6.45) is 1.06. The summed E-state index contributed by atoms with van der Waals surface area (Å²) in [7, 11) is 0. The molecule has 0 bridgehead atoms. The highest BCUT2D eigenvalue weighted by Crippen LogP contribution is 2.44. The highest BCUT2D eigenvalue weighted by molar-refractivity contribution is 5.97. The normalized spacial score (nSPS) is 14.1. The van der Waals surface area contributed by atoms with Gasteiger partial charge in [-0.15, -0.1) is 0 Å². The fourth-order valence-electron chi connectivity index (χ4n) is 4.51. The van der Waals surface area contributed by atoms with Crippen LogP contribution in [0.1, 0.15) is 40.2 Å². The number of fused-ring (bicyclic) bond motifs is 3. The topological polar surface area (TPSA) is 95.9 Å². The molecule has 0 unspecified atom stereocenters. The first-order chi connectivity index (χ1) is 16.5. The van der Waals surface area contributed by atoms with Crippen LogP contribution < -0.4 is 5.32 Å². The van der Waals surface area contributed by atoms with Crippen molar-refractivity contribution in [1.29, 1.82) is 0 Å². The van der Waals surface area contributed by atoms with Gasteiger partial charge in [-0.05, 0) is 59.4 Å². The molecule has 1 fully saturated rings. The molecule has 0 saturated heterocycles. The predicted octanol–water partition coefficient (Wildman–Crippen LogP) is 4.74. The van der Waals surface area contributed by atoms with Gasteiger partial charge in [0.1, 0.15) is 13.2 Å². The monoisotopic (exact) mass is 456 g/mol. The largest absolute Gasteiger partial charge is 0.480 e. The molecular formula is C27H24N2O5. The van der Waals surface area contributed by atoms with Gasteiger partial charge in [-0.3, -0.25) is 14.9 Å². The molecule has 2 amide bonds. The van der Waals surface area contributed by atoms with Crippen molar-refractivity contribution in [3.8, 4) is 11.1 Å². The van der Waals surface area contributed by atoms with Gasteiger partial charge in [0, 0.05) is 23.2 Å². The number of anilines is 1. The van der Waals surface area contributed by atoms with E-state index in [2.05, 4.69) is 29.6 Å². The molecule has 0 aromatic heterocycles. The Morgan fingerprint density at radius 2 is 1.47 bits per heavy atom. The molecule has 7 nitrogen and oxygen atoms in total. The Morgan fingerprint density at radius 1 is 0.882 bits per heavy atom. The maximum atomic E-state index is 12.7. The van der Waals surface area contributed by atoms with E-state index in [1.807, 2.05) is 24.3 Å². The van der Waals surface area contributed by atoms with E-state index in [0.29, 0.717) is 11.3 Å². The number of carbonyl (C=O) groups excluding carboxylic acids is 2. The lowest BCUT2D eigenvalue weighted by atomic mass is 9.98. The summed E-state index contributed by atoms with van der Waals surface area (Å²) in [5.41, 5.74) is 5.48. The second-order valence-electron chi connectivity index (χ2n) is 8.59. The third-order valence-corrected chi connectivity index (χ3v) is 6.28. The molecule has 7 heteroatoms. The fraction of sp³-hybridized carbons (Fsp3) is 0.222. The number of nitrogens with one attached hydrogen (secondary N) is 1. The molecule has 0 spiro atoms. The average molecular weight is 456 g/mol. The zero-order valence-corrected chi connectivity index (χ0v) is 18.4. The molecular weight excluding hydrogens is 432 g/mol. The van der Waals surface area contributed by atoms with E-state index in [4.69, 9.17) is 9.84 Å². The second-order valence-corrected chi connectivity index (χ2v) is 8.59. The van der Waals surface area contributed by atoms with Gasteiger partial charge in [0.2, 0.25) is 0 Å². The van der Waals surface area contributed by atoms with Gasteiger partial charge in [-0.25, -0.2) is 4.79 Å². The van der Waals surface area contributed by atoms with E-state index >= 15 is 0 Å². The highest BCUT2D eigenvalue weighted by Gasteiger charge is 2.34. The number of hydrogen-bond donors (Lipinski definition) is 2. The number of benzene rings is 3. The van der Waals surface area contributed by atoms with Crippen molar-refractivity contribution < 1.29 is 24.2 Å². The van der Waals surface area contributed by atoms with E-state index in [0.717, 1.165) is 35.1 Å². The number of aliphatic carboxylic acids is 1. The molecule has 3 aromatic carbocycles. The first kappa shape index (κ1) is 21.7. The third-order valence-electron chi connectivity index (χ3n) is 6.28. The smallest absolute Gasteiger partial charge is 0.411 e. The van der Waals surface area contributed by atoms with E-state index < -0.39 is 12.1 Å². The molecule has 34 heavy (non-hydrogen) atoms. The number of rotatable bonds is 7. The predicted molar refractivity (Wildman–Crippen MR) is 127 cm³/mol. The quantitative estimate of drug-likeness (QED) is 0.536. The molecule has 3 aromatic rings. The lowest BCUT2D eigenvalue weighted by molar-refractivity contribution is -0.137. The molecule has 2 aliphatic carbocycles. The third kappa shape index (κ3) is 4.37. The molecule has 172 valence electrons. The Balaban J connectivity index is 1.21. The average Bonchev–Trinajstić information content (AvgIpc) is 3.64. The van der Waals surface area contributed by atoms with Crippen LogP contribution in [0.2, 0.25) is 0 Å². The lowest BCUT2D eigenvalue weighted by Gasteiger charge is -2.20. The van der Waals surface area contributed by atoms with Gasteiger partial charge < -0.3 is 14.7 Å². The van der Waals surface area contributed by atoms with Crippen LogP contribution in [0.5, 0.6) is 0 Å². The summed E-state index contributed by atoms with van der Waals surface area (Å²) in [5, 5.41) is 11.8. The van der Waals surface area contributed by atoms with Crippen molar-refractivity contribution in [2.24, 2.45) is 0 Å². The van der Waals surface area contributed by atoms with Crippen molar-refractivity contribution in [2.45, 2.75) is 24.8 Å². The molecule has 0 radical (unpaired) electrons. The van der Waals surface area contributed by atoms with Gasteiger partial charge in [0.15, 0.2) is 0 Å². The number of carbonyl (C=O) groups is 3. The Morgan fingerprint density at radius 3 is 2.03 bits per heavy atom. The van der Waals surface area contributed by atoms with Gasteiger partial charge in [-0.2, -0.15) is 0 Å². The summed E-state index contributed by atoms with van der Waals surface area (Å²) >= 11 is 0.